The van der Waals surface area contributed by atoms with Crippen LogP contribution >= 0.6 is 0 Å². The summed E-state index contributed by atoms with van der Waals surface area (Å²) in [6, 6.07) is 0. The Morgan fingerprint density at radius 2 is 0.952 bits per heavy atom. The summed E-state index contributed by atoms with van der Waals surface area (Å²) in [5, 5.41) is 0. The molecule has 1 heteroatoms. The van der Waals surface area contributed by atoms with E-state index in [0.29, 0.717) is 0 Å². The van der Waals surface area contributed by atoms with Crippen LogP contribution in [0.5, 0.6) is 0 Å². The van der Waals surface area contributed by atoms with Crippen molar-refractivity contribution in [3.63, 3.8) is 0 Å². The molecule has 1 nitrogen and oxygen atoms in total. The van der Waals surface area contributed by atoms with Gasteiger partial charge >= 0.3 is 0 Å². The van der Waals surface area contributed by atoms with E-state index in [2.05, 4.69) is 25.1 Å². The van der Waals surface area contributed by atoms with E-state index in [-0.39, 0.29) is 0 Å². The van der Waals surface area contributed by atoms with E-state index >= 15 is 0 Å². The van der Waals surface area contributed by atoms with Crippen molar-refractivity contribution in [3.8, 4) is 0 Å². The van der Waals surface area contributed by atoms with Gasteiger partial charge in [-0.2, -0.15) is 0 Å². The van der Waals surface area contributed by atoms with Crippen molar-refractivity contribution < 1.29 is 0 Å². The lowest BCUT2D eigenvalue weighted by Crippen LogP contribution is -1.86. The topological polar surface area (TPSA) is 12.4 Å². The van der Waals surface area contributed by atoms with E-state index < -0.39 is 0 Å². The summed E-state index contributed by atoms with van der Waals surface area (Å²) in [7, 11) is 0. The quantitative estimate of drug-likeness (QED) is 0.197. The van der Waals surface area contributed by atoms with Crippen LogP contribution in [0.4, 0.5) is 0 Å². The van der Waals surface area contributed by atoms with Gasteiger partial charge in [-0.25, -0.2) is 0 Å². The van der Waals surface area contributed by atoms with Crippen LogP contribution in [-0.4, -0.2) is 12.8 Å². The molecule has 0 heterocycles. The van der Waals surface area contributed by atoms with Crippen molar-refractivity contribution in [2.45, 2.75) is 117 Å². The Labute approximate surface area is 135 Å². The van der Waals surface area contributed by atoms with Crippen LogP contribution in [0, 0.1) is 0 Å². The van der Waals surface area contributed by atoms with Gasteiger partial charge in [0.05, 0.1) is 0 Å². The molecule has 0 aromatic rings. The minimum Gasteiger partial charge on any atom is -0.298 e. The second-order valence-electron chi connectivity index (χ2n) is 6.47. The lowest BCUT2D eigenvalue weighted by molar-refractivity contribution is 0.578. The molecule has 0 aliphatic heterocycles. The molecule has 0 bridgehead atoms. The first-order chi connectivity index (χ1) is 10.4. The number of hydrogen-bond donors (Lipinski definition) is 0. The predicted molar refractivity (Wildman–Crippen MR) is 98.6 cm³/mol. The molecule has 0 fully saturated rings. The van der Waals surface area contributed by atoms with Gasteiger partial charge in [-0.05, 0) is 25.5 Å². The zero-order valence-electron chi connectivity index (χ0n) is 15.0. The van der Waals surface area contributed by atoms with Crippen LogP contribution in [0.2, 0.25) is 0 Å². The molecule has 0 aliphatic rings. The van der Waals surface area contributed by atoms with Crippen molar-refractivity contribution in [3.05, 3.63) is 0 Å². The van der Waals surface area contributed by atoms with Crippen LogP contribution in [0.3, 0.4) is 0 Å². The van der Waals surface area contributed by atoms with Crippen LogP contribution in [0.1, 0.15) is 117 Å². The first-order valence-electron chi connectivity index (χ1n) is 9.90. The Kier molecular flexibility index (Phi) is 19.4. The zero-order valence-corrected chi connectivity index (χ0v) is 15.0. The average molecular weight is 296 g/mol. The fraction of sp³-hybridized carbons (Fsp3) is 0.950. The van der Waals surface area contributed by atoms with Gasteiger partial charge < -0.3 is 0 Å². The maximum atomic E-state index is 4.54. The normalized spacial score (nSPS) is 11.5. The highest BCUT2D eigenvalue weighted by Gasteiger charge is 1.91. The Bertz CT molecular complexity index is 198. The summed E-state index contributed by atoms with van der Waals surface area (Å²) in [5.41, 5.74) is 0. The molecule has 0 amide bonds. The summed E-state index contributed by atoms with van der Waals surface area (Å²) in [6.45, 7) is 5.62. The SMILES string of the molecule is CCCCCCCCCC=NCCCCCCCCCC. The average Bonchev–Trinajstić information content (AvgIpc) is 2.50. The number of rotatable bonds is 17. The molecule has 0 N–H and O–H groups in total. The summed E-state index contributed by atoms with van der Waals surface area (Å²) < 4.78 is 0. The minimum atomic E-state index is 1.06. The number of unbranched alkanes of at least 4 members (excludes halogenated alkanes) is 14. The van der Waals surface area contributed by atoms with Crippen LogP contribution in [0.25, 0.3) is 0 Å². The van der Waals surface area contributed by atoms with Crippen molar-refractivity contribution in [2.75, 3.05) is 6.54 Å². The lowest BCUT2D eigenvalue weighted by atomic mass is 10.1. The summed E-state index contributed by atoms with van der Waals surface area (Å²) in [6.07, 6.45) is 24.3. The highest BCUT2D eigenvalue weighted by atomic mass is 14.7. The van der Waals surface area contributed by atoms with E-state index in [9.17, 15) is 0 Å². The van der Waals surface area contributed by atoms with Gasteiger partial charge in [-0.1, -0.05) is 97.3 Å². The van der Waals surface area contributed by atoms with E-state index in [4.69, 9.17) is 0 Å². The third-order valence-electron chi connectivity index (χ3n) is 4.21. The third kappa shape index (κ3) is 19.7. The number of aliphatic imine (C=N–C) groups is 1. The van der Waals surface area contributed by atoms with Gasteiger partial charge in [0, 0.05) is 6.54 Å². The summed E-state index contributed by atoms with van der Waals surface area (Å²) in [4.78, 5) is 4.54. The smallest absolute Gasteiger partial charge is 0.0385 e. The van der Waals surface area contributed by atoms with E-state index in [1.54, 1.807) is 0 Å². The van der Waals surface area contributed by atoms with E-state index in [0.717, 1.165) is 6.54 Å². The van der Waals surface area contributed by atoms with Crippen LogP contribution in [-0.2, 0) is 0 Å². The molecule has 0 aromatic carbocycles. The van der Waals surface area contributed by atoms with Crippen molar-refractivity contribution in [1.29, 1.82) is 0 Å². The summed E-state index contributed by atoms with van der Waals surface area (Å²) >= 11 is 0. The van der Waals surface area contributed by atoms with Gasteiger partial charge in [0.2, 0.25) is 0 Å². The van der Waals surface area contributed by atoms with Gasteiger partial charge in [0.25, 0.3) is 0 Å². The summed E-state index contributed by atoms with van der Waals surface area (Å²) in [5.74, 6) is 0. The first kappa shape index (κ1) is 20.7. The Morgan fingerprint density at radius 3 is 1.48 bits per heavy atom. The van der Waals surface area contributed by atoms with E-state index in [1.165, 1.54) is 103 Å². The zero-order chi connectivity index (χ0) is 15.4. The highest BCUT2D eigenvalue weighted by Crippen LogP contribution is 2.09. The molecular formula is C20H41N. The fourth-order valence-corrected chi connectivity index (χ4v) is 2.71. The standard InChI is InChI=1S/C20H41N/c1-3-5-7-9-11-13-15-17-19-21-20-18-16-14-12-10-8-6-4-2/h19H,3-18,20H2,1-2H3. The van der Waals surface area contributed by atoms with E-state index in [1.807, 2.05) is 0 Å². The van der Waals surface area contributed by atoms with Gasteiger partial charge in [-0.15, -0.1) is 0 Å². The molecule has 0 aliphatic carbocycles. The lowest BCUT2D eigenvalue weighted by Gasteiger charge is -2.00. The maximum Gasteiger partial charge on any atom is 0.0385 e. The number of hydrogen-bond acceptors (Lipinski definition) is 1. The Morgan fingerprint density at radius 1 is 0.524 bits per heavy atom. The molecule has 0 spiro atoms. The van der Waals surface area contributed by atoms with Crippen molar-refractivity contribution in [1.82, 2.24) is 0 Å². The van der Waals surface area contributed by atoms with Crippen molar-refractivity contribution in [2.24, 2.45) is 4.99 Å². The van der Waals surface area contributed by atoms with Crippen LogP contribution < -0.4 is 0 Å². The molecule has 126 valence electrons. The van der Waals surface area contributed by atoms with Gasteiger partial charge in [0.1, 0.15) is 0 Å². The molecule has 0 unspecified atom stereocenters. The third-order valence-corrected chi connectivity index (χ3v) is 4.21. The Hall–Kier alpha value is -0.330. The Balaban J connectivity index is 3.02. The fourth-order valence-electron chi connectivity index (χ4n) is 2.71. The molecule has 21 heavy (non-hydrogen) atoms. The van der Waals surface area contributed by atoms with Gasteiger partial charge in [-0.3, -0.25) is 4.99 Å². The minimum absolute atomic E-state index is 1.06. The molecule has 0 saturated carbocycles. The monoisotopic (exact) mass is 295 g/mol. The predicted octanol–water partition coefficient (Wildman–Crippen LogP) is 7.34. The molecule has 0 saturated heterocycles. The first-order valence-corrected chi connectivity index (χ1v) is 9.90. The van der Waals surface area contributed by atoms with Crippen molar-refractivity contribution >= 4 is 6.21 Å². The number of nitrogens with zero attached hydrogens (tertiary/aromatic N) is 1. The largest absolute Gasteiger partial charge is 0.298 e. The molecule has 0 radical (unpaired) electrons. The molecular weight excluding hydrogens is 254 g/mol. The van der Waals surface area contributed by atoms with Gasteiger partial charge in [0.15, 0.2) is 0 Å². The molecule has 0 aromatic heterocycles. The van der Waals surface area contributed by atoms with Crippen LogP contribution in [0.15, 0.2) is 4.99 Å². The molecule has 0 rings (SSSR count). The highest BCUT2D eigenvalue weighted by molar-refractivity contribution is 5.56. The molecule has 0 atom stereocenters. The maximum absolute atomic E-state index is 4.54. The second kappa shape index (κ2) is 19.7. The second-order valence-corrected chi connectivity index (χ2v) is 6.47.